The topological polar surface area (TPSA) is 111 Å². The number of ketones is 1. The van der Waals surface area contributed by atoms with Crippen LogP contribution >= 0.6 is 0 Å². The van der Waals surface area contributed by atoms with Crippen molar-refractivity contribution >= 4 is 23.0 Å². The Morgan fingerprint density at radius 1 is 0.778 bits per heavy atom. The van der Waals surface area contributed by atoms with Crippen LogP contribution in [0, 0.1) is 6.92 Å². The lowest BCUT2D eigenvalue weighted by Crippen LogP contribution is -2.27. The number of unbranched alkanes of at least 4 members (excludes halogenated alkanes) is 10. The Morgan fingerprint density at radius 3 is 1.97 bits per heavy atom. The highest BCUT2D eigenvalue weighted by Gasteiger charge is 2.45. The van der Waals surface area contributed by atoms with E-state index in [0.29, 0.717) is 24.5 Å². The summed E-state index contributed by atoms with van der Waals surface area (Å²) in [5.41, 5.74) is 1.63. The fourth-order valence-corrected chi connectivity index (χ4v) is 4.99. The zero-order chi connectivity index (χ0) is 26.2. The van der Waals surface area contributed by atoms with E-state index in [1.54, 1.807) is 13.8 Å². The molecule has 1 aromatic rings. The Morgan fingerprint density at radius 2 is 1.36 bits per heavy atom. The van der Waals surface area contributed by atoms with E-state index >= 15 is 0 Å². The number of hydrogen-bond acceptors (Lipinski definition) is 5. The Hall–Kier alpha value is -2.90. The SMILES string of the molecule is CCCCCCCCn1nc(C)c(C2=C(O)/C(=C3\C(C)=N[N+](CCCCCCCC)=C3O)C2=O)c1O. The molecule has 0 unspecified atom stereocenters. The number of hydrogen-bond donors (Lipinski definition) is 3. The minimum atomic E-state index is -0.414. The zero-order valence-corrected chi connectivity index (χ0v) is 22.4. The fourth-order valence-electron chi connectivity index (χ4n) is 4.99. The van der Waals surface area contributed by atoms with E-state index < -0.39 is 5.78 Å². The number of rotatable bonds is 15. The third kappa shape index (κ3) is 5.90. The first-order chi connectivity index (χ1) is 17.3. The average molecular weight is 500 g/mol. The van der Waals surface area contributed by atoms with Crippen LogP contribution in [0.4, 0.5) is 0 Å². The van der Waals surface area contributed by atoms with Crippen LogP contribution in [-0.2, 0) is 11.3 Å². The van der Waals surface area contributed by atoms with Gasteiger partial charge in [-0.1, -0.05) is 71.6 Å². The first kappa shape index (κ1) is 27.7. The molecule has 0 amide bonds. The van der Waals surface area contributed by atoms with Crippen molar-refractivity contribution in [3.63, 3.8) is 0 Å². The van der Waals surface area contributed by atoms with E-state index in [2.05, 4.69) is 24.0 Å². The lowest BCUT2D eigenvalue weighted by atomic mass is 9.80. The monoisotopic (exact) mass is 499 g/mol. The van der Waals surface area contributed by atoms with Crippen LogP contribution in [0.25, 0.3) is 5.57 Å². The summed E-state index contributed by atoms with van der Waals surface area (Å²) in [6, 6.07) is 0. The molecule has 8 nitrogen and oxygen atoms in total. The van der Waals surface area contributed by atoms with Gasteiger partial charge < -0.3 is 15.3 Å². The van der Waals surface area contributed by atoms with Crippen LogP contribution in [-0.4, -0.2) is 53.7 Å². The number of carbonyl (C=O) groups excluding carboxylic acids is 1. The number of aromatic nitrogens is 2. The molecule has 1 aliphatic heterocycles. The molecule has 3 N–H and O–H groups in total. The van der Waals surface area contributed by atoms with Crippen LogP contribution in [0.15, 0.2) is 22.0 Å². The highest BCUT2D eigenvalue weighted by Crippen LogP contribution is 2.43. The standard InChI is InChI=1S/C28H42N4O4/c1-5-7-9-11-13-15-17-31-27(35)21(19(3)29-31)23-25(33)24(26(23)34)22-20(4)30-32(28(22)36)18-16-14-12-10-8-6-2/h5-18H2,1-4H3,(H2,29,30,33,34,35,36)/p+1. The molecule has 0 radical (unpaired) electrons. The second-order valence-electron chi connectivity index (χ2n) is 9.98. The van der Waals surface area contributed by atoms with Gasteiger partial charge in [-0.2, -0.15) is 5.10 Å². The molecule has 0 saturated carbocycles. The van der Waals surface area contributed by atoms with Gasteiger partial charge in [0.15, 0.2) is 6.54 Å². The van der Waals surface area contributed by atoms with Crippen molar-refractivity contribution in [1.29, 1.82) is 0 Å². The molecule has 1 aliphatic carbocycles. The van der Waals surface area contributed by atoms with Crippen molar-refractivity contribution in [2.45, 2.75) is 111 Å². The second-order valence-corrected chi connectivity index (χ2v) is 9.98. The van der Waals surface area contributed by atoms with Crippen molar-refractivity contribution in [2.75, 3.05) is 6.54 Å². The van der Waals surface area contributed by atoms with Crippen LogP contribution < -0.4 is 0 Å². The minimum absolute atomic E-state index is 0.0525. The van der Waals surface area contributed by atoms with Gasteiger partial charge in [0, 0.05) is 13.0 Å². The van der Waals surface area contributed by atoms with Crippen molar-refractivity contribution in [3.8, 4) is 5.88 Å². The first-order valence-electron chi connectivity index (χ1n) is 13.7. The Bertz CT molecular complexity index is 1090. The van der Waals surface area contributed by atoms with Crippen molar-refractivity contribution in [3.05, 3.63) is 28.2 Å². The summed E-state index contributed by atoms with van der Waals surface area (Å²) in [5, 5.41) is 41.3. The Balaban J connectivity index is 1.74. The van der Waals surface area contributed by atoms with Crippen LogP contribution in [0.3, 0.4) is 0 Å². The summed E-state index contributed by atoms with van der Waals surface area (Å²) in [4.78, 5) is 13.2. The molecule has 198 valence electrons. The van der Waals surface area contributed by atoms with E-state index in [9.17, 15) is 20.1 Å². The number of carbonyl (C=O) groups is 1. The largest absolute Gasteiger partial charge is 0.506 e. The number of nitrogens with zero attached hydrogens (tertiary/aromatic N) is 4. The van der Waals surface area contributed by atoms with Crippen LogP contribution in [0.1, 0.15) is 109 Å². The van der Waals surface area contributed by atoms with Gasteiger partial charge in [-0.25, -0.2) is 4.68 Å². The van der Waals surface area contributed by atoms with Gasteiger partial charge in [0.25, 0.3) is 0 Å². The fraction of sp³-hybridized carbons (Fsp3) is 0.643. The van der Waals surface area contributed by atoms with Crippen molar-refractivity contribution in [1.82, 2.24) is 9.78 Å². The third-order valence-electron chi connectivity index (χ3n) is 7.08. The summed E-state index contributed by atoms with van der Waals surface area (Å²) in [5.74, 6) is -0.845. The molecular formula is C28H43N4O4+. The maximum Gasteiger partial charge on any atom is 0.401 e. The maximum absolute atomic E-state index is 13.2. The van der Waals surface area contributed by atoms with E-state index in [1.807, 2.05) is 0 Å². The molecule has 36 heavy (non-hydrogen) atoms. The summed E-state index contributed by atoms with van der Waals surface area (Å²) in [7, 11) is 0. The smallest absolute Gasteiger partial charge is 0.401 e. The maximum atomic E-state index is 13.2. The number of aryl methyl sites for hydroxylation is 2. The number of aliphatic hydroxyl groups is 2. The number of aromatic hydroxyl groups is 1. The van der Waals surface area contributed by atoms with Gasteiger partial charge >= 0.3 is 5.90 Å². The lowest BCUT2D eigenvalue weighted by Gasteiger charge is -2.22. The van der Waals surface area contributed by atoms with E-state index in [-0.39, 0.29) is 39.8 Å². The molecule has 0 saturated heterocycles. The average Bonchev–Trinajstić information content (AvgIpc) is 3.28. The van der Waals surface area contributed by atoms with Crippen LogP contribution in [0.2, 0.25) is 0 Å². The van der Waals surface area contributed by atoms with E-state index in [1.165, 1.54) is 47.9 Å². The number of hydrazone groups is 1. The molecule has 3 rings (SSSR count). The van der Waals surface area contributed by atoms with Gasteiger partial charge in [0.1, 0.15) is 17.0 Å². The molecule has 0 aromatic carbocycles. The Kier molecular flexibility index (Phi) is 9.90. The van der Waals surface area contributed by atoms with Gasteiger partial charge in [-0.05, 0) is 36.5 Å². The van der Waals surface area contributed by atoms with Gasteiger partial charge in [0.2, 0.25) is 11.7 Å². The quantitative estimate of drug-likeness (QED) is 0.153. The summed E-state index contributed by atoms with van der Waals surface area (Å²) < 4.78 is 3.02. The molecule has 0 bridgehead atoms. The molecule has 2 aliphatic rings. The molecule has 0 spiro atoms. The molecule has 8 heteroatoms. The first-order valence-corrected chi connectivity index (χ1v) is 13.7. The summed E-state index contributed by atoms with van der Waals surface area (Å²) in [6.07, 6.45) is 13.5. The molecule has 1 aromatic heterocycles. The summed E-state index contributed by atoms with van der Waals surface area (Å²) >= 11 is 0. The highest BCUT2D eigenvalue weighted by atomic mass is 16.3. The van der Waals surface area contributed by atoms with Gasteiger partial charge in [-0.15, -0.1) is 0 Å². The van der Waals surface area contributed by atoms with E-state index in [0.717, 1.165) is 38.5 Å². The molecule has 0 atom stereocenters. The predicted octanol–water partition coefficient (Wildman–Crippen LogP) is 6.13. The lowest BCUT2D eigenvalue weighted by molar-refractivity contribution is -0.537. The van der Waals surface area contributed by atoms with Gasteiger partial charge in [0.05, 0.1) is 22.4 Å². The normalized spacial score (nSPS) is 17.9. The van der Waals surface area contributed by atoms with Crippen LogP contribution in [0.5, 0.6) is 5.88 Å². The highest BCUT2D eigenvalue weighted by molar-refractivity contribution is 6.43. The number of aliphatic hydroxyl groups excluding tert-OH is 2. The van der Waals surface area contributed by atoms with Crippen molar-refractivity contribution < 1.29 is 24.8 Å². The second kappa shape index (κ2) is 12.9. The van der Waals surface area contributed by atoms with E-state index in [4.69, 9.17) is 0 Å². The number of Topliss-reactive ketones (excluding diaryl/α,β-unsaturated/α-hetero) is 1. The third-order valence-corrected chi connectivity index (χ3v) is 7.08. The predicted molar refractivity (Wildman–Crippen MR) is 143 cm³/mol. The van der Waals surface area contributed by atoms with Gasteiger partial charge in [-0.3, -0.25) is 4.79 Å². The molecule has 0 fully saturated rings. The molecular weight excluding hydrogens is 456 g/mol. The summed E-state index contributed by atoms with van der Waals surface area (Å²) in [6.45, 7) is 8.93. The minimum Gasteiger partial charge on any atom is -0.506 e. The Labute approximate surface area is 214 Å². The number of allylic oxidation sites excluding steroid dienone is 2. The molecule has 2 heterocycles. The zero-order valence-electron chi connectivity index (χ0n) is 22.4. The van der Waals surface area contributed by atoms with Crippen molar-refractivity contribution in [2.24, 2.45) is 5.10 Å².